The molecule has 3 aromatic rings. The molecule has 0 radical (unpaired) electrons. The number of carbonyl (C=O) groups is 1. The van der Waals surface area contributed by atoms with Crippen LogP contribution in [0.25, 0.3) is 11.1 Å². The van der Waals surface area contributed by atoms with Gasteiger partial charge >= 0.3 is 5.97 Å². The van der Waals surface area contributed by atoms with Crippen LogP contribution in [-0.4, -0.2) is 34.8 Å². The van der Waals surface area contributed by atoms with E-state index in [1.807, 2.05) is 24.3 Å². The highest BCUT2D eigenvalue weighted by atomic mass is 16.5. The number of hydrogen-bond acceptors (Lipinski definition) is 8. The summed E-state index contributed by atoms with van der Waals surface area (Å²) in [5, 5.41) is 7.32. The van der Waals surface area contributed by atoms with Crippen LogP contribution in [0.3, 0.4) is 0 Å². The van der Waals surface area contributed by atoms with Crippen LogP contribution in [0.2, 0.25) is 0 Å². The van der Waals surface area contributed by atoms with E-state index < -0.39 is 5.97 Å². The van der Waals surface area contributed by atoms with Crippen LogP contribution in [0.5, 0.6) is 5.75 Å². The Balaban J connectivity index is 1.85. The highest BCUT2D eigenvalue weighted by Gasteiger charge is 2.22. The van der Waals surface area contributed by atoms with Gasteiger partial charge in [0.1, 0.15) is 23.3 Å². The molecule has 24 heavy (non-hydrogen) atoms. The quantitative estimate of drug-likeness (QED) is 0.689. The zero-order valence-electron chi connectivity index (χ0n) is 13.3. The van der Waals surface area contributed by atoms with Crippen molar-refractivity contribution in [1.29, 1.82) is 0 Å². The van der Waals surface area contributed by atoms with Crippen molar-refractivity contribution in [1.82, 2.24) is 15.1 Å². The maximum atomic E-state index is 12.0. The molecule has 8 heteroatoms. The van der Waals surface area contributed by atoms with Gasteiger partial charge in [0.2, 0.25) is 5.69 Å². The molecule has 124 valence electrons. The Bertz CT molecular complexity index is 845. The lowest BCUT2D eigenvalue weighted by Gasteiger charge is -2.07. The molecule has 0 bridgehead atoms. The highest BCUT2D eigenvalue weighted by Crippen LogP contribution is 2.24. The van der Waals surface area contributed by atoms with Gasteiger partial charge in [-0.05, 0) is 24.6 Å². The minimum atomic E-state index is -0.571. The smallest absolute Gasteiger partial charge is 0.361 e. The number of ether oxygens (including phenoxy) is 2. The highest BCUT2D eigenvalue weighted by molar-refractivity contribution is 6.04. The second-order valence-corrected chi connectivity index (χ2v) is 4.86. The summed E-state index contributed by atoms with van der Waals surface area (Å²) in [6.07, 6.45) is 1.35. The monoisotopic (exact) mass is 328 g/mol. The number of nitrogens with one attached hydrogen (secondary N) is 1. The van der Waals surface area contributed by atoms with Gasteiger partial charge in [-0.2, -0.15) is 4.98 Å². The Morgan fingerprint density at radius 3 is 2.75 bits per heavy atom. The van der Waals surface area contributed by atoms with Crippen molar-refractivity contribution in [2.45, 2.75) is 13.5 Å². The van der Waals surface area contributed by atoms with Gasteiger partial charge in [-0.25, -0.2) is 9.78 Å². The molecular weight excluding hydrogens is 312 g/mol. The number of fused-ring (bicyclic) bond motifs is 1. The predicted octanol–water partition coefficient (Wildman–Crippen LogP) is 2.42. The van der Waals surface area contributed by atoms with Crippen LogP contribution >= 0.6 is 0 Å². The third-order valence-electron chi connectivity index (χ3n) is 3.36. The Labute approximate surface area is 137 Å². The van der Waals surface area contributed by atoms with E-state index in [0.29, 0.717) is 17.7 Å². The van der Waals surface area contributed by atoms with Gasteiger partial charge in [0.05, 0.1) is 13.7 Å². The van der Waals surface area contributed by atoms with Crippen molar-refractivity contribution in [3.63, 3.8) is 0 Å². The summed E-state index contributed by atoms with van der Waals surface area (Å²) < 4.78 is 15.2. The van der Waals surface area contributed by atoms with E-state index in [1.165, 1.54) is 6.33 Å². The Hall–Kier alpha value is -3.16. The van der Waals surface area contributed by atoms with E-state index in [-0.39, 0.29) is 18.0 Å². The molecule has 0 saturated heterocycles. The fourth-order valence-electron chi connectivity index (χ4n) is 2.19. The average molecular weight is 328 g/mol. The first kappa shape index (κ1) is 15.7. The van der Waals surface area contributed by atoms with Crippen LogP contribution in [0.4, 0.5) is 5.82 Å². The number of rotatable bonds is 6. The molecule has 8 nitrogen and oxygen atoms in total. The molecule has 1 aromatic carbocycles. The lowest BCUT2D eigenvalue weighted by atomic mass is 10.2. The topological polar surface area (TPSA) is 99.4 Å². The van der Waals surface area contributed by atoms with Gasteiger partial charge in [0.15, 0.2) is 0 Å². The van der Waals surface area contributed by atoms with Gasteiger partial charge in [0.25, 0.3) is 5.71 Å². The third kappa shape index (κ3) is 3.12. The second-order valence-electron chi connectivity index (χ2n) is 4.86. The molecule has 2 heterocycles. The maximum Gasteiger partial charge on any atom is 0.361 e. The van der Waals surface area contributed by atoms with Crippen LogP contribution in [0.1, 0.15) is 23.0 Å². The summed E-state index contributed by atoms with van der Waals surface area (Å²) in [5.41, 5.74) is 1.31. The summed E-state index contributed by atoms with van der Waals surface area (Å²) in [6, 6.07) is 7.61. The number of carbonyl (C=O) groups excluding carboxylic acids is 1. The molecule has 0 aliphatic heterocycles. The van der Waals surface area contributed by atoms with Gasteiger partial charge in [-0.15, -0.1) is 0 Å². The first-order chi connectivity index (χ1) is 11.7. The van der Waals surface area contributed by atoms with Gasteiger partial charge < -0.3 is 19.3 Å². The first-order valence-corrected chi connectivity index (χ1v) is 7.37. The van der Waals surface area contributed by atoms with Crippen molar-refractivity contribution in [2.24, 2.45) is 0 Å². The lowest BCUT2D eigenvalue weighted by molar-refractivity contribution is 0.0517. The van der Waals surface area contributed by atoms with Crippen LogP contribution < -0.4 is 10.1 Å². The number of aromatic nitrogens is 3. The van der Waals surface area contributed by atoms with Crippen LogP contribution in [0, 0.1) is 0 Å². The summed E-state index contributed by atoms with van der Waals surface area (Å²) in [6.45, 7) is 2.47. The first-order valence-electron chi connectivity index (χ1n) is 7.37. The van der Waals surface area contributed by atoms with E-state index in [4.69, 9.17) is 14.0 Å². The maximum absolute atomic E-state index is 12.0. The van der Waals surface area contributed by atoms with E-state index in [1.54, 1.807) is 14.0 Å². The number of nitrogens with zero attached hydrogens (tertiary/aromatic N) is 3. The Kier molecular flexibility index (Phi) is 4.55. The molecule has 0 unspecified atom stereocenters. The molecular formula is C16H16N4O4. The molecule has 0 aliphatic rings. The summed E-state index contributed by atoms with van der Waals surface area (Å²) in [7, 11) is 1.62. The summed E-state index contributed by atoms with van der Waals surface area (Å²) >= 11 is 0. The van der Waals surface area contributed by atoms with Crippen molar-refractivity contribution >= 4 is 22.9 Å². The van der Waals surface area contributed by atoms with E-state index in [2.05, 4.69) is 20.4 Å². The number of hydrogen-bond donors (Lipinski definition) is 1. The molecule has 0 aliphatic carbocycles. The Morgan fingerprint density at radius 1 is 1.25 bits per heavy atom. The second kappa shape index (κ2) is 6.95. The lowest BCUT2D eigenvalue weighted by Crippen LogP contribution is -2.08. The van der Waals surface area contributed by atoms with Gasteiger partial charge in [0, 0.05) is 6.54 Å². The SMILES string of the molecule is CCOC(=O)c1noc2ncnc(NCc3ccc(OC)cc3)c12. The number of methoxy groups -OCH3 is 1. The van der Waals surface area contributed by atoms with Crippen molar-refractivity contribution in [2.75, 3.05) is 19.0 Å². The zero-order valence-corrected chi connectivity index (χ0v) is 13.3. The normalized spacial score (nSPS) is 10.6. The minimum Gasteiger partial charge on any atom is -0.497 e. The molecule has 3 rings (SSSR count). The summed E-state index contributed by atoms with van der Waals surface area (Å²) in [4.78, 5) is 20.1. The molecule has 0 amide bonds. The van der Waals surface area contributed by atoms with Crippen molar-refractivity contribution in [3.05, 3.63) is 41.9 Å². The molecule has 0 saturated carbocycles. The fraction of sp³-hybridized carbons (Fsp3) is 0.250. The largest absolute Gasteiger partial charge is 0.497 e. The fourth-order valence-corrected chi connectivity index (χ4v) is 2.19. The Morgan fingerprint density at radius 2 is 2.04 bits per heavy atom. The van der Waals surface area contributed by atoms with Gasteiger partial charge in [-0.1, -0.05) is 17.3 Å². The summed E-state index contributed by atoms with van der Waals surface area (Å²) in [5.74, 6) is 0.672. The minimum absolute atomic E-state index is 0.0599. The molecule has 0 spiro atoms. The number of esters is 1. The van der Waals surface area contributed by atoms with Crippen molar-refractivity contribution in [3.8, 4) is 5.75 Å². The van der Waals surface area contributed by atoms with Crippen molar-refractivity contribution < 1.29 is 18.8 Å². The van der Waals surface area contributed by atoms with E-state index >= 15 is 0 Å². The van der Waals surface area contributed by atoms with E-state index in [0.717, 1.165) is 11.3 Å². The number of anilines is 1. The molecule has 0 fully saturated rings. The van der Waals surface area contributed by atoms with Gasteiger partial charge in [-0.3, -0.25) is 0 Å². The van der Waals surface area contributed by atoms with Crippen LogP contribution in [-0.2, 0) is 11.3 Å². The van der Waals surface area contributed by atoms with Crippen LogP contribution in [0.15, 0.2) is 35.1 Å². The van der Waals surface area contributed by atoms with E-state index in [9.17, 15) is 4.79 Å². The predicted molar refractivity (Wildman–Crippen MR) is 85.9 cm³/mol. The average Bonchev–Trinajstić information content (AvgIpc) is 3.05. The molecule has 0 atom stereocenters. The zero-order chi connectivity index (χ0) is 16.9. The standard InChI is InChI=1S/C16H16N4O4/c1-3-23-16(21)13-12-14(18-9-19-15(12)24-20-13)17-8-10-4-6-11(22-2)7-5-10/h4-7,9H,3,8H2,1-2H3,(H,17,18,19). The third-order valence-corrected chi connectivity index (χ3v) is 3.36. The molecule has 2 aromatic heterocycles. The molecule has 1 N–H and O–H groups in total. The number of benzene rings is 1.